The molecule has 9 heteroatoms. The summed E-state index contributed by atoms with van der Waals surface area (Å²) < 4.78 is 6.76. The van der Waals surface area contributed by atoms with Crippen LogP contribution in [0.4, 0.5) is 10.6 Å². The highest BCUT2D eigenvalue weighted by Gasteiger charge is 2.59. The Hall–Kier alpha value is -4.24. The van der Waals surface area contributed by atoms with E-state index in [4.69, 9.17) is 9.84 Å². The van der Waals surface area contributed by atoms with Crippen LogP contribution in [0.15, 0.2) is 67.0 Å². The number of aliphatic hydroxyl groups excluding tert-OH is 1. The van der Waals surface area contributed by atoms with Gasteiger partial charge in [-0.2, -0.15) is 5.10 Å². The number of fused-ring (bicyclic) bond motifs is 2. The number of nitrogens with one attached hydrogen (secondary N) is 2. The predicted octanol–water partition coefficient (Wildman–Crippen LogP) is 3.92. The number of para-hydroxylation sites is 1. The highest BCUT2D eigenvalue weighted by Crippen LogP contribution is 2.59. The molecule has 0 radical (unpaired) electrons. The van der Waals surface area contributed by atoms with Crippen LogP contribution in [0, 0.1) is 6.92 Å². The highest BCUT2D eigenvalue weighted by molar-refractivity contribution is 5.91. The Morgan fingerprint density at radius 1 is 1.08 bits per heavy atom. The second kappa shape index (κ2) is 8.46. The second-order valence-corrected chi connectivity index (χ2v) is 9.29. The molecule has 1 fully saturated rings. The molecule has 2 heterocycles. The standard InChI is InChI=1S/C27H26N6O3/c1-16-21(17-14-28-26(36-2)29-15-17)32-33(18-8-4-3-5-9-18)24(16)31-25(35)30-22-19-10-6-7-11-20(19)27(12-13-27)23(22)34/h3-11,14-15,22-23,34H,12-13H2,1-2H3,(H2,30,31,35)/t22?,23-/m0/s1. The maximum absolute atomic E-state index is 13.3. The number of anilines is 1. The third-order valence-corrected chi connectivity index (χ3v) is 7.23. The Morgan fingerprint density at radius 3 is 2.47 bits per heavy atom. The maximum atomic E-state index is 13.3. The van der Waals surface area contributed by atoms with Gasteiger partial charge in [-0.15, -0.1) is 0 Å². The van der Waals surface area contributed by atoms with E-state index in [0.29, 0.717) is 17.1 Å². The molecule has 0 aliphatic heterocycles. The number of hydrogen-bond donors (Lipinski definition) is 3. The molecule has 4 aromatic rings. The molecule has 0 bridgehead atoms. The zero-order valence-corrected chi connectivity index (χ0v) is 20.0. The molecule has 2 atom stereocenters. The van der Waals surface area contributed by atoms with Crippen LogP contribution >= 0.6 is 0 Å². The first kappa shape index (κ1) is 22.2. The molecule has 36 heavy (non-hydrogen) atoms. The molecule has 0 saturated heterocycles. The Balaban J connectivity index is 1.33. The van der Waals surface area contributed by atoms with E-state index in [2.05, 4.69) is 26.7 Å². The molecule has 1 spiro atoms. The van der Waals surface area contributed by atoms with Crippen molar-refractivity contribution in [3.8, 4) is 23.0 Å². The van der Waals surface area contributed by atoms with Crippen molar-refractivity contribution in [1.29, 1.82) is 0 Å². The van der Waals surface area contributed by atoms with Gasteiger partial charge in [-0.25, -0.2) is 19.4 Å². The van der Waals surface area contributed by atoms with Crippen LogP contribution in [0.25, 0.3) is 16.9 Å². The lowest BCUT2D eigenvalue weighted by molar-refractivity contribution is 0.109. The number of nitrogens with zero attached hydrogens (tertiary/aromatic N) is 4. The van der Waals surface area contributed by atoms with Gasteiger partial charge in [0.15, 0.2) is 0 Å². The molecular weight excluding hydrogens is 456 g/mol. The fourth-order valence-electron chi connectivity index (χ4n) is 5.23. The number of amides is 2. The fraction of sp³-hybridized carbons (Fsp3) is 0.259. The predicted molar refractivity (Wildman–Crippen MR) is 134 cm³/mol. The fourth-order valence-corrected chi connectivity index (χ4v) is 5.23. The lowest BCUT2D eigenvalue weighted by Gasteiger charge is -2.21. The number of aliphatic hydroxyl groups is 1. The Kier molecular flexibility index (Phi) is 5.22. The van der Waals surface area contributed by atoms with Crippen LogP contribution in [0.3, 0.4) is 0 Å². The monoisotopic (exact) mass is 482 g/mol. The summed E-state index contributed by atoms with van der Waals surface area (Å²) in [5, 5.41) is 21.9. The molecule has 3 N–H and O–H groups in total. The summed E-state index contributed by atoms with van der Waals surface area (Å²) in [4.78, 5) is 21.7. The molecule has 1 saturated carbocycles. The van der Waals surface area contributed by atoms with Gasteiger partial charge in [0.25, 0.3) is 0 Å². The van der Waals surface area contributed by atoms with Crippen molar-refractivity contribution >= 4 is 11.8 Å². The number of aromatic nitrogens is 4. The summed E-state index contributed by atoms with van der Waals surface area (Å²) in [5.74, 6) is 0.520. The number of hydrogen-bond acceptors (Lipinski definition) is 6. The molecule has 182 valence electrons. The first-order chi connectivity index (χ1) is 17.5. The van der Waals surface area contributed by atoms with E-state index in [1.807, 2.05) is 55.5 Å². The number of carbonyl (C=O) groups is 1. The van der Waals surface area contributed by atoms with Crippen LogP contribution in [0.2, 0.25) is 0 Å². The second-order valence-electron chi connectivity index (χ2n) is 9.29. The van der Waals surface area contributed by atoms with E-state index < -0.39 is 18.2 Å². The molecule has 2 amide bonds. The minimum Gasteiger partial charge on any atom is -0.467 e. The third kappa shape index (κ3) is 3.51. The number of carbonyl (C=O) groups excluding carboxylic acids is 1. The third-order valence-electron chi connectivity index (χ3n) is 7.23. The largest absolute Gasteiger partial charge is 0.467 e. The quantitative estimate of drug-likeness (QED) is 0.397. The first-order valence-corrected chi connectivity index (χ1v) is 11.9. The normalized spacial score (nSPS) is 19.1. The number of methoxy groups -OCH3 is 1. The van der Waals surface area contributed by atoms with Crippen LogP contribution in [0.5, 0.6) is 6.01 Å². The Bertz CT molecular complexity index is 1430. The smallest absolute Gasteiger partial charge is 0.320 e. The maximum Gasteiger partial charge on any atom is 0.320 e. The number of rotatable bonds is 5. The van der Waals surface area contributed by atoms with Crippen molar-refractivity contribution in [2.45, 2.75) is 37.3 Å². The van der Waals surface area contributed by atoms with Crippen LogP contribution < -0.4 is 15.4 Å². The number of urea groups is 1. The van der Waals surface area contributed by atoms with E-state index in [1.54, 1.807) is 17.1 Å². The van der Waals surface area contributed by atoms with E-state index >= 15 is 0 Å². The Labute approximate surface area is 208 Å². The average Bonchev–Trinajstić information content (AvgIpc) is 3.62. The minimum absolute atomic E-state index is 0.238. The molecule has 6 rings (SSSR count). The summed E-state index contributed by atoms with van der Waals surface area (Å²) in [6.45, 7) is 1.89. The molecule has 1 unspecified atom stereocenters. The van der Waals surface area contributed by atoms with E-state index in [1.165, 1.54) is 7.11 Å². The summed E-state index contributed by atoms with van der Waals surface area (Å²) >= 11 is 0. The van der Waals surface area contributed by atoms with Gasteiger partial charge in [0.1, 0.15) is 11.5 Å². The van der Waals surface area contributed by atoms with Crippen LogP contribution in [0.1, 0.15) is 35.6 Å². The lowest BCUT2D eigenvalue weighted by Crippen LogP contribution is -2.39. The SMILES string of the molecule is COc1ncc(-c2nn(-c3ccccc3)c(NC(=O)NC3c4ccccc4C4(CC4)[C@H]3O)c2C)cn1. The van der Waals surface area contributed by atoms with Crippen molar-refractivity contribution < 1.29 is 14.6 Å². The zero-order valence-electron chi connectivity index (χ0n) is 20.0. The van der Waals surface area contributed by atoms with Gasteiger partial charge in [-0.1, -0.05) is 42.5 Å². The summed E-state index contributed by atoms with van der Waals surface area (Å²) in [6, 6.07) is 16.9. The molecule has 2 aromatic carbocycles. The summed E-state index contributed by atoms with van der Waals surface area (Å²) in [5.41, 5.74) is 4.76. The van der Waals surface area contributed by atoms with Crippen molar-refractivity contribution in [3.63, 3.8) is 0 Å². The highest BCUT2D eigenvalue weighted by atomic mass is 16.5. The summed E-state index contributed by atoms with van der Waals surface area (Å²) in [6.07, 6.45) is 4.48. The van der Waals surface area contributed by atoms with Gasteiger partial charge >= 0.3 is 12.0 Å². The summed E-state index contributed by atoms with van der Waals surface area (Å²) in [7, 11) is 1.51. The van der Waals surface area contributed by atoms with Gasteiger partial charge in [0.05, 0.1) is 24.9 Å². The molecule has 2 aliphatic rings. The van der Waals surface area contributed by atoms with E-state index in [-0.39, 0.29) is 11.4 Å². The molecule has 2 aromatic heterocycles. The topological polar surface area (TPSA) is 114 Å². The van der Waals surface area contributed by atoms with Crippen LogP contribution in [-0.2, 0) is 5.41 Å². The van der Waals surface area contributed by atoms with Crippen molar-refractivity contribution in [1.82, 2.24) is 25.1 Å². The van der Waals surface area contributed by atoms with Crippen molar-refractivity contribution in [3.05, 3.63) is 83.7 Å². The van der Waals surface area contributed by atoms with Crippen molar-refractivity contribution in [2.75, 3.05) is 12.4 Å². The van der Waals surface area contributed by atoms with Gasteiger partial charge in [-0.3, -0.25) is 5.32 Å². The molecular formula is C27H26N6O3. The van der Waals surface area contributed by atoms with Gasteiger partial charge in [-0.05, 0) is 43.0 Å². The number of benzene rings is 2. The van der Waals surface area contributed by atoms with E-state index in [9.17, 15) is 9.90 Å². The average molecular weight is 483 g/mol. The zero-order chi connectivity index (χ0) is 24.9. The van der Waals surface area contributed by atoms with Gasteiger partial charge in [0, 0.05) is 28.9 Å². The molecule has 2 aliphatic carbocycles. The molecule has 9 nitrogen and oxygen atoms in total. The van der Waals surface area contributed by atoms with Crippen molar-refractivity contribution in [2.24, 2.45) is 0 Å². The van der Waals surface area contributed by atoms with Gasteiger partial charge in [0.2, 0.25) is 0 Å². The lowest BCUT2D eigenvalue weighted by atomic mass is 9.97. The first-order valence-electron chi connectivity index (χ1n) is 11.9. The van der Waals surface area contributed by atoms with Crippen LogP contribution in [-0.4, -0.2) is 44.1 Å². The Morgan fingerprint density at radius 2 is 1.78 bits per heavy atom. The van der Waals surface area contributed by atoms with E-state index in [0.717, 1.165) is 35.2 Å². The van der Waals surface area contributed by atoms with Gasteiger partial charge < -0.3 is 15.2 Å². The number of ether oxygens (including phenoxy) is 1. The minimum atomic E-state index is -0.659.